The van der Waals surface area contributed by atoms with Crippen LogP contribution in [0.1, 0.15) is 6.42 Å². The molecular formula is C11H10Cl3N3O4. The van der Waals surface area contributed by atoms with Gasteiger partial charge in [0.15, 0.2) is 0 Å². The molecule has 0 saturated carbocycles. The van der Waals surface area contributed by atoms with Gasteiger partial charge in [0, 0.05) is 5.02 Å². The van der Waals surface area contributed by atoms with Crippen molar-refractivity contribution in [3.8, 4) is 0 Å². The fourth-order valence-electron chi connectivity index (χ4n) is 1.37. The maximum atomic E-state index is 11.7. The third-order valence-electron chi connectivity index (χ3n) is 2.25. The number of carboxylic acids is 1. The van der Waals surface area contributed by atoms with E-state index in [-0.39, 0.29) is 20.8 Å². The van der Waals surface area contributed by atoms with Gasteiger partial charge in [0.2, 0.25) is 5.91 Å². The lowest BCUT2D eigenvalue weighted by Gasteiger charge is -2.15. The molecule has 1 atom stereocenters. The minimum atomic E-state index is -1.47. The number of anilines is 1. The summed E-state index contributed by atoms with van der Waals surface area (Å²) < 4.78 is 0. The molecule has 21 heavy (non-hydrogen) atoms. The van der Waals surface area contributed by atoms with E-state index in [2.05, 4.69) is 10.6 Å². The number of benzene rings is 1. The van der Waals surface area contributed by atoms with Gasteiger partial charge >= 0.3 is 12.0 Å². The van der Waals surface area contributed by atoms with E-state index in [0.717, 1.165) is 0 Å². The topological polar surface area (TPSA) is 122 Å². The number of carbonyl (C=O) groups is 3. The molecule has 5 N–H and O–H groups in total. The highest BCUT2D eigenvalue weighted by Crippen LogP contribution is 2.33. The minimum absolute atomic E-state index is 0.0587. The van der Waals surface area contributed by atoms with Crippen molar-refractivity contribution in [2.45, 2.75) is 12.5 Å². The number of primary amides is 1. The second kappa shape index (κ2) is 7.35. The van der Waals surface area contributed by atoms with Crippen LogP contribution in [0.5, 0.6) is 0 Å². The summed E-state index contributed by atoms with van der Waals surface area (Å²) >= 11 is 17.4. The van der Waals surface area contributed by atoms with E-state index >= 15 is 0 Å². The van der Waals surface area contributed by atoms with Gasteiger partial charge in [-0.25, -0.2) is 9.59 Å². The lowest BCUT2D eigenvalue weighted by atomic mass is 10.2. The van der Waals surface area contributed by atoms with Crippen LogP contribution in [0.4, 0.5) is 10.5 Å². The highest BCUT2D eigenvalue weighted by Gasteiger charge is 2.22. The Hall–Kier alpha value is -1.70. The number of hydrogen-bond acceptors (Lipinski definition) is 3. The summed E-state index contributed by atoms with van der Waals surface area (Å²) in [7, 11) is 0. The Bertz CT molecular complexity index is 571. The summed E-state index contributed by atoms with van der Waals surface area (Å²) in [5.41, 5.74) is 4.95. The van der Waals surface area contributed by atoms with Crippen LogP contribution in [0.15, 0.2) is 12.1 Å². The van der Waals surface area contributed by atoms with Crippen LogP contribution in [0, 0.1) is 0 Å². The second-order valence-corrected chi connectivity index (χ2v) is 5.15. The first-order chi connectivity index (χ1) is 9.70. The van der Waals surface area contributed by atoms with Crippen molar-refractivity contribution in [3.63, 3.8) is 0 Å². The maximum Gasteiger partial charge on any atom is 0.326 e. The van der Waals surface area contributed by atoms with Crippen molar-refractivity contribution in [3.05, 3.63) is 27.2 Å². The molecule has 1 aromatic rings. The molecule has 0 spiro atoms. The molecule has 1 aromatic carbocycles. The summed E-state index contributed by atoms with van der Waals surface area (Å²) in [6, 6.07) is 0.327. The number of halogens is 3. The van der Waals surface area contributed by atoms with Gasteiger partial charge in [0.05, 0.1) is 22.2 Å². The van der Waals surface area contributed by atoms with Crippen LogP contribution < -0.4 is 16.4 Å². The average molecular weight is 355 g/mol. The quantitative estimate of drug-likeness (QED) is 0.646. The zero-order valence-corrected chi connectivity index (χ0v) is 12.6. The monoisotopic (exact) mass is 353 g/mol. The highest BCUT2D eigenvalue weighted by atomic mass is 35.5. The van der Waals surface area contributed by atoms with Crippen molar-refractivity contribution >= 4 is 58.4 Å². The van der Waals surface area contributed by atoms with Crippen molar-refractivity contribution in [2.75, 3.05) is 5.32 Å². The Balaban J connectivity index is 2.82. The number of nitrogens with one attached hydrogen (secondary N) is 2. The molecule has 0 saturated heterocycles. The van der Waals surface area contributed by atoms with Gasteiger partial charge in [-0.05, 0) is 12.1 Å². The average Bonchev–Trinajstić information content (AvgIpc) is 2.32. The molecule has 7 nitrogen and oxygen atoms in total. The fourth-order valence-corrected chi connectivity index (χ4v) is 2.28. The van der Waals surface area contributed by atoms with Crippen molar-refractivity contribution in [2.24, 2.45) is 5.73 Å². The molecule has 0 aliphatic heterocycles. The Morgan fingerprint density at radius 3 is 2.14 bits per heavy atom. The number of urea groups is 1. The lowest BCUT2D eigenvalue weighted by molar-refractivity contribution is -0.140. The molecule has 114 valence electrons. The molecule has 0 bridgehead atoms. The Morgan fingerprint density at radius 1 is 1.19 bits per heavy atom. The van der Waals surface area contributed by atoms with E-state index < -0.39 is 30.4 Å². The van der Waals surface area contributed by atoms with E-state index in [1.54, 1.807) is 0 Å². The van der Waals surface area contributed by atoms with Crippen LogP contribution in [-0.4, -0.2) is 29.1 Å². The van der Waals surface area contributed by atoms with E-state index in [4.69, 9.17) is 45.6 Å². The number of nitrogens with two attached hydrogens (primary N) is 1. The van der Waals surface area contributed by atoms with Gasteiger partial charge in [-0.1, -0.05) is 34.8 Å². The van der Waals surface area contributed by atoms with Gasteiger partial charge in [0.1, 0.15) is 6.04 Å². The lowest BCUT2D eigenvalue weighted by Crippen LogP contribution is -2.45. The molecule has 10 heteroatoms. The first-order valence-electron chi connectivity index (χ1n) is 5.44. The first kappa shape index (κ1) is 17.4. The molecule has 0 radical (unpaired) electrons. The predicted octanol–water partition coefficient (Wildman–Crippen LogP) is 2.10. The van der Waals surface area contributed by atoms with Crippen LogP contribution in [0.25, 0.3) is 0 Å². The van der Waals surface area contributed by atoms with Gasteiger partial charge < -0.3 is 21.5 Å². The Kier molecular flexibility index (Phi) is 6.07. The first-order valence-corrected chi connectivity index (χ1v) is 6.57. The van der Waals surface area contributed by atoms with E-state index in [0.29, 0.717) is 0 Å². The van der Waals surface area contributed by atoms with Crippen molar-refractivity contribution in [1.29, 1.82) is 0 Å². The molecule has 0 fully saturated rings. The summed E-state index contributed by atoms with van der Waals surface area (Å²) in [6.45, 7) is 0. The maximum absolute atomic E-state index is 11.7. The number of aliphatic carboxylic acids is 1. The molecular weight excluding hydrogens is 344 g/mol. The highest BCUT2D eigenvalue weighted by molar-refractivity contribution is 6.42. The predicted molar refractivity (Wildman–Crippen MR) is 78.9 cm³/mol. The third-order valence-corrected chi connectivity index (χ3v) is 3.07. The number of carboxylic acid groups (broad SMARTS) is 1. The standard InChI is InChI=1S/C11H10Cl3N3O4/c12-4-1-5(13)9(6(14)2-4)17-11(21)16-7(10(19)20)3-8(15)18/h1-2,7H,3H2,(H2,15,18)(H,19,20)(H2,16,17,21)/t7-/m0/s1. The van der Waals surface area contributed by atoms with Crippen molar-refractivity contribution < 1.29 is 19.5 Å². The molecule has 0 unspecified atom stereocenters. The van der Waals surface area contributed by atoms with Gasteiger partial charge in [-0.2, -0.15) is 0 Å². The van der Waals surface area contributed by atoms with Gasteiger partial charge in [0.25, 0.3) is 0 Å². The largest absolute Gasteiger partial charge is 0.480 e. The Morgan fingerprint density at radius 2 is 1.71 bits per heavy atom. The molecule has 0 aromatic heterocycles. The van der Waals surface area contributed by atoms with E-state index in [9.17, 15) is 14.4 Å². The molecule has 0 aliphatic rings. The van der Waals surface area contributed by atoms with Crippen molar-refractivity contribution in [1.82, 2.24) is 5.32 Å². The van der Waals surface area contributed by atoms with Gasteiger partial charge in [-0.15, -0.1) is 0 Å². The fraction of sp³-hybridized carbons (Fsp3) is 0.182. The normalized spacial score (nSPS) is 11.6. The molecule has 1 rings (SSSR count). The van der Waals surface area contributed by atoms with Gasteiger partial charge in [-0.3, -0.25) is 4.79 Å². The van der Waals surface area contributed by atoms with Crippen LogP contribution >= 0.6 is 34.8 Å². The second-order valence-electron chi connectivity index (χ2n) is 3.90. The van der Waals surface area contributed by atoms with Crippen LogP contribution in [0.3, 0.4) is 0 Å². The zero-order chi connectivity index (χ0) is 16.2. The van der Waals surface area contributed by atoms with E-state index in [1.807, 2.05) is 0 Å². The SMILES string of the molecule is NC(=O)C[C@H](NC(=O)Nc1c(Cl)cc(Cl)cc1Cl)C(=O)O. The van der Waals surface area contributed by atoms with E-state index in [1.165, 1.54) is 12.1 Å². The summed E-state index contributed by atoms with van der Waals surface area (Å²) in [6.07, 6.45) is -0.551. The summed E-state index contributed by atoms with van der Waals surface area (Å²) in [5.74, 6) is -2.28. The number of hydrogen-bond donors (Lipinski definition) is 4. The van der Waals surface area contributed by atoms with Crippen LogP contribution in [-0.2, 0) is 9.59 Å². The number of amides is 3. The summed E-state index contributed by atoms with van der Waals surface area (Å²) in [5, 5.41) is 13.6. The Labute approximate surface area is 134 Å². The molecule has 0 aliphatic carbocycles. The zero-order valence-electron chi connectivity index (χ0n) is 10.3. The smallest absolute Gasteiger partial charge is 0.326 e. The minimum Gasteiger partial charge on any atom is -0.480 e. The third kappa shape index (κ3) is 5.30. The summed E-state index contributed by atoms with van der Waals surface area (Å²) in [4.78, 5) is 33.3. The van der Waals surface area contributed by atoms with Crippen LogP contribution in [0.2, 0.25) is 15.1 Å². The number of rotatable bonds is 5. The number of carbonyl (C=O) groups excluding carboxylic acids is 2. The molecule has 3 amide bonds. The molecule has 0 heterocycles.